The number of imide groups is 1. The van der Waals surface area contributed by atoms with Crippen LogP contribution >= 0.6 is 0 Å². The summed E-state index contributed by atoms with van der Waals surface area (Å²) in [5.74, 6) is 0.278. The summed E-state index contributed by atoms with van der Waals surface area (Å²) in [6, 6.07) is -0.0411. The summed E-state index contributed by atoms with van der Waals surface area (Å²) < 4.78 is 0. The first-order valence-electron chi connectivity index (χ1n) is 6.46. The minimum Gasteiger partial charge on any atom is -0.328 e. The summed E-state index contributed by atoms with van der Waals surface area (Å²) in [5, 5.41) is 0. The van der Waals surface area contributed by atoms with Crippen molar-refractivity contribution in [1.29, 1.82) is 0 Å². The number of nitrogens with zero attached hydrogens (tertiary/aromatic N) is 1. The highest BCUT2D eigenvalue weighted by Gasteiger charge is 2.51. The quantitative estimate of drug-likeness (QED) is 0.577. The fraction of sp³-hybridized carbons (Fsp3) is 0.692. The van der Waals surface area contributed by atoms with Gasteiger partial charge in [-0.05, 0) is 31.6 Å². The smallest absolute Gasteiger partial charge is 0.233 e. The number of carbonyl (C=O) groups excluding carboxylic acids is 2. The van der Waals surface area contributed by atoms with Crippen LogP contribution in [0.3, 0.4) is 0 Å². The van der Waals surface area contributed by atoms with Gasteiger partial charge in [0.15, 0.2) is 0 Å². The van der Waals surface area contributed by atoms with Crippen molar-refractivity contribution in [3.8, 4) is 0 Å². The largest absolute Gasteiger partial charge is 0.328 e. The van der Waals surface area contributed by atoms with E-state index >= 15 is 0 Å². The Morgan fingerprint density at radius 3 is 2.12 bits per heavy atom. The lowest BCUT2D eigenvalue weighted by atomic mass is 9.85. The van der Waals surface area contributed by atoms with E-state index in [0.29, 0.717) is 25.3 Å². The van der Waals surface area contributed by atoms with Crippen LogP contribution in [0.1, 0.15) is 25.7 Å². The Labute approximate surface area is 101 Å². The second kappa shape index (κ2) is 3.95. The van der Waals surface area contributed by atoms with Gasteiger partial charge in [0.1, 0.15) is 0 Å². The molecule has 0 radical (unpaired) electrons. The van der Waals surface area contributed by atoms with Crippen LogP contribution in [-0.4, -0.2) is 29.3 Å². The first-order valence-corrected chi connectivity index (χ1v) is 6.46. The maximum atomic E-state index is 12.3. The van der Waals surface area contributed by atoms with Gasteiger partial charge in [-0.1, -0.05) is 12.2 Å². The Balaban J connectivity index is 1.86. The molecule has 0 aromatic heterocycles. The zero-order chi connectivity index (χ0) is 12.0. The molecule has 3 atom stereocenters. The van der Waals surface area contributed by atoms with Gasteiger partial charge in [0.2, 0.25) is 11.8 Å². The summed E-state index contributed by atoms with van der Waals surface area (Å²) in [7, 11) is 0. The first kappa shape index (κ1) is 11.0. The molecule has 17 heavy (non-hydrogen) atoms. The molecule has 3 rings (SSSR count). The van der Waals surface area contributed by atoms with E-state index in [0.717, 1.165) is 12.8 Å². The number of hydrogen-bond donors (Lipinski definition) is 1. The molecule has 0 aromatic carbocycles. The predicted octanol–water partition coefficient (Wildman–Crippen LogP) is 0.675. The minimum absolute atomic E-state index is 0.0201. The molecular weight excluding hydrogens is 216 g/mol. The molecule has 2 N–H and O–H groups in total. The zero-order valence-electron chi connectivity index (χ0n) is 9.84. The number of hydrogen-bond acceptors (Lipinski definition) is 3. The lowest BCUT2D eigenvalue weighted by Gasteiger charge is -2.25. The number of nitrogens with two attached hydrogens (primary N) is 1. The molecule has 0 bridgehead atoms. The van der Waals surface area contributed by atoms with Gasteiger partial charge in [-0.2, -0.15) is 0 Å². The summed E-state index contributed by atoms with van der Waals surface area (Å²) in [6.45, 7) is 0.412. The van der Waals surface area contributed by atoms with Crippen molar-refractivity contribution >= 4 is 11.8 Å². The highest BCUT2D eigenvalue weighted by Crippen LogP contribution is 2.41. The SMILES string of the molecule is NCC(C1CC1)N1C(=O)C2CC=CCC2C1=O. The highest BCUT2D eigenvalue weighted by molar-refractivity contribution is 6.05. The summed E-state index contributed by atoms with van der Waals surface area (Å²) in [4.78, 5) is 26.1. The highest BCUT2D eigenvalue weighted by atomic mass is 16.2. The molecule has 2 aliphatic carbocycles. The molecule has 1 saturated heterocycles. The van der Waals surface area contributed by atoms with Crippen molar-refractivity contribution in [3.05, 3.63) is 12.2 Å². The van der Waals surface area contributed by atoms with E-state index in [2.05, 4.69) is 0 Å². The first-order chi connectivity index (χ1) is 8.24. The molecule has 0 aromatic rings. The van der Waals surface area contributed by atoms with E-state index in [1.165, 1.54) is 4.90 Å². The Morgan fingerprint density at radius 1 is 1.18 bits per heavy atom. The molecule has 0 spiro atoms. The molecule has 92 valence electrons. The van der Waals surface area contributed by atoms with Crippen LogP contribution in [0.5, 0.6) is 0 Å². The van der Waals surface area contributed by atoms with E-state index in [1.807, 2.05) is 12.2 Å². The van der Waals surface area contributed by atoms with Crippen LogP contribution in [0.2, 0.25) is 0 Å². The molecule has 3 unspecified atom stereocenters. The lowest BCUT2D eigenvalue weighted by molar-refractivity contribution is -0.142. The van der Waals surface area contributed by atoms with Crippen molar-refractivity contribution in [2.75, 3.05) is 6.54 Å². The van der Waals surface area contributed by atoms with Gasteiger partial charge in [0, 0.05) is 6.54 Å². The lowest BCUT2D eigenvalue weighted by Crippen LogP contribution is -2.46. The maximum absolute atomic E-state index is 12.3. The Bertz CT molecular complexity index is 361. The zero-order valence-corrected chi connectivity index (χ0v) is 9.84. The van der Waals surface area contributed by atoms with Crippen LogP contribution < -0.4 is 5.73 Å². The van der Waals surface area contributed by atoms with Crippen molar-refractivity contribution < 1.29 is 9.59 Å². The molecule has 4 heteroatoms. The van der Waals surface area contributed by atoms with E-state index in [-0.39, 0.29) is 29.7 Å². The Morgan fingerprint density at radius 2 is 1.71 bits per heavy atom. The van der Waals surface area contributed by atoms with E-state index < -0.39 is 0 Å². The van der Waals surface area contributed by atoms with Gasteiger partial charge in [-0.15, -0.1) is 0 Å². The van der Waals surface area contributed by atoms with Gasteiger partial charge < -0.3 is 5.73 Å². The third-order valence-corrected chi connectivity index (χ3v) is 4.28. The summed E-state index contributed by atoms with van der Waals surface area (Å²) >= 11 is 0. The number of amides is 2. The molecule has 3 aliphatic rings. The summed E-state index contributed by atoms with van der Waals surface area (Å²) in [5.41, 5.74) is 5.75. The maximum Gasteiger partial charge on any atom is 0.233 e. The molecule has 1 heterocycles. The standard InChI is InChI=1S/C13H18N2O2/c14-7-11(8-5-6-8)15-12(16)9-3-1-2-4-10(9)13(15)17/h1-2,8-11H,3-7,14H2. The van der Waals surface area contributed by atoms with Gasteiger partial charge in [-0.3, -0.25) is 14.5 Å². The van der Waals surface area contributed by atoms with Gasteiger partial charge in [0.25, 0.3) is 0 Å². The molecule has 2 amide bonds. The monoisotopic (exact) mass is 234 g/mol. The Kier molecular flexibility index (Phi) is 2.54. The molecular formula is C13H18N2O2. The van der Waals surface area contributed by atoms with Crippen LogP contribution in [0.15, 0.2) is 12.2 Å². The van der Waals surface area contributed by atoms with Crippen LogP contribution in [0.25, 0.3) is 0 Å². The van der Waals surface area contributed by atoms with Crippen molar-refractivity contribution in [1.82, 2.24) is 4.90 Å². The molecule has 4 nitrogen and oxygen atoms in total. The van der Waals surface area contributed by atoms with Gasteiger partial charge in [0.05, 0.1) is 17.9 Å². The number of likely N-dealkylation sites (tertiary alicyclic amines) is 1. The Hall–Kier alpha value is -1.16. The number of fused-ring (bicyclic) bond motifs is 1. The van der Waals surface area contributed by atoms with Crippen LogP contribution in [0, 0.1) is 17.8 Å². The van der Waals surface area contributed by atoms with E-state index in [9.17, 15) is 9.59 Å². The van der Waals surface area contributed by atoms with Gasteiger partial charge in [-0.25, -0.2) is 0 Å². The van der Waals surface area contributed by atoms with Crippen molar-refractivity contribution in [3.63, 3.8) is 0 Å². The van der Waals surface area contributed by atoms with Crippen LogP contribution in [-0.2, 0) is 9.59 Å². The van der Waals surface area contributed by atoms with Crippen molar-refractivity contribution in [2.45, 2.75) is 31.7 Å². The van der Waals surface area contributed by atoms with Gasteiger partial charge >= 0.3 is 0 Å². The predicted molar refractivity (Wildman–Crippen MR) is 62.8 cm³/mol. The fourth-order valence-electron chi connectivity index (χ4n) is 3.14. The molecule has 2 fully saturated rings. The van der Waals surface area contributed by atoms with Crippen LogP contribution in [0.4, 0.5) is 0 Å². The number of carbonyl (C=O) groups is 2. The second-order valence-electron chi connectivity index (χ2n) is 5.34. The molecule has 1 saturated carbocycles. The average molecular weight is 234 g/mol. The topological polar surface area (TPSA) is 63.4 Å². The average Bonchev–Trinajstić information content (AvgIpc) is 3.15. The number of allylic oxidation sites excluding steroid dienone is 2. The number of rotatable bonds is 3. The minimum atomic E-state index is -0.111. The summed E-state index contributed by atoms with van der Waals surface area (Å²) in [6.07, 6.45) is 7.68. The van der Waals surface area contributed by atoms with E-state index in [1.54, 1.807) is 0 Å². The van der Waals surface area contributed by atoms with Crippen molar-refractivity contribution in [2.24, 2.45) is 23.5 Å². The molecule has 1 aliphatic heterocycles. The fourth-order valence-corrected chi connectivity index (χ4v) is 3.14. The normalized spacial score (nSPS) is 34.1. The van der Waals surface area contributed by atoms with E-state index in [4.69, 9.17) is 5.73 Å². The third kappa shape index (κ3) is 1.62. The third-order valence-electron chi connectivity index (χ3n) is 4.28. The second-order valence-corrected chi connectivity index (χ2v) is 5.34.